The number of halogens is 4. The van der Waals surface area contributed by atoms with Crippen molar-refractivity contribution in [1.82, 2.24) is 5.32 Å². The molecule has 0 amide bonds. The Balaban J connectivity index is 1.88. The molecule has 120 valence electrons. The molecule has 7 heteroatoms. The first-order valence-electron chi connectivity index (χ1n) is 6.61. The van der Waals surface area contributed by atoms with E-state index in [9.17, 15) is 17.6 Å². The van der Waals surface area contributed by atoms with Crippen LogP contribution < -0.4 is 5.32 Å². The molecule has 1 atom stereocenters. The van der Waals surface area contributed by atoms with E-state index in [0.29, 0.717) is 35.4 Å². The van der Waals surface area contributed by atoms with Gasteiger partial charge in [-0.05, 0) is 36.8 Å². The van der Waals surface area contributed by atoms with E-state index >= 15 is 0 Å². The van der Waals surface area contributed by atoms with Gasteiger partial charge >= 0.3 is 0 Å². The quantitative estimate of drug-likeness (QED) is 0.732. The van der Waals surface area contributed by atoms with Crippen LogP contribution in [0, 0.1) is 11.6 Å². The second kappa shape index (κ2) is 7.69. The van der Waals surface area contributed by atoms with E-state index in [1.54, 1.807) is 12.1 Å². The molecule has 0 aliphatic rings. The molecule has 0 aliphatic heterocycles. The van der Waals surface area contributed by atoms with Gasteiger partial charge < -0.3 is 9.73 Å². The van der Waals surface area contributed by atoms with Crippen molar-refractivity contribution >= 4 is 11.8 Å². The second-order valence-corrected chi connectivity index (χ2v) is 5.69. The lowest BCUT2D eigenvalue weighted by molar-refractivity contribution is 0.251. The smallest absolute Gasteiger partial charge is 0.284 e. The van der Waals surface area contributed by atoms with E-state index in [2.05, 4.69) is 5.32 Å². The molecule has 2 aromatic rings. The van der Waals surface area contributed by atoms with Crippen LogP contribution in [0.3, 0.4) is 0 Å². The fraction of sp³-hybridized carbons (Fsp3) is 0.333. The monoisotopic (exact) mass is 333 g/mol. The maximum Gasteiger partial charge on any atom is 0.284 e. The highest BCUT2D eigenvalue weighted by Gasteiger charge is 2.11. The van der Waals surface area contributed by atoms with Crippen LogP contribution in [0.15, 0.2) is 34.7 Å². The molecule has 0 radical (unpaired) electrons. The number of hydrogen-bond donors (Lipinski definition) is 1. The number of benzene rings is 1. The summed E-state index contributed by atoms with van der Waals surface area (Å²) in [4.78, 5) is 0. The SMILES string of the molecule is CC(NCc1ccc(CSC(F)F)o1)c1ccc(F)c(F)c1. The number of nitrogens with one attached hydrogen (secondary N) is 1. The van der Waals surface area contributed by atoms with Crippen molar-refractivity contribution in [2.24, 2.45) is 0 Å². The largest absolute Gasteiger partial charge is 0.464 e. The van der Waals surface area contributed by atoms with Crippen molar-refractivity contribution in [2.45, 2.75) is 31.0 Å². The molecular weight excluding hydrogens is 318 g/mol. The first kappa shape index (κ1) is 16.9. The Labute approximate surface area is 129 Å². The molecule has 1 aromatic heterocycles. The highest BCUT2D eigenvalue weighted by molar-refractivity contribution is 7.98. The van der Waals surface area contributed by atoms with Gasteiger partial charge in [-0.15, -0.1) is 0 Å². The van der Waals surface area contributed by atoms with Crippen LogP contribution >= 0.6 is 11.8 Å². The number of thioether (sulfide) groups is 1. The maximum absolute atomic E-state index is 13.2. The van der Waals surface area contributed by atoms with Crippen molar-refractivity contribution in [3.63, 3.8) is 0 Å². The standard InChI is InChI=1S/C15H15F4NOS/c1-9(10-2-5-13(16)14(17)6-10)20-7-11-3-4-12(21-11)8-22-15(18)19/h2-6,9,15,20H,7-8H2,1H3. The van der Waals surface area contributed by atoms with E-state index in [4.69, 9.17) is 4.42 Å². The third-order valence-electron chi connectivity index (χ3n) is 3.10. The van der Waals surface area contributed by atoms with Crippen molar-refractivity contribution < 1.29 is 22.0 Å². The van der Waals surface area contributed by atoms with Gasteiger partial charge in [0.1, 0.15) is 11.5 Å². The Morgan fingerprint density at radius 3 is 2.50 bits per heavy atom. The van der Waals surface area contributed by atoms with Gasteiger partial charge in [0.25, 0.3) is 5.76 Å². The van der Waals surface area contributed by atoms with Crippen LogP contribution in [0.4, 0.5) is 17.6 Å². The van der Waals surface area contributed by atoms with E-state index in [-0.39, 0.29) is 11.8 Å². The summed E-state index contributed by atoms with van der Waals surface area (Å²) in [6.07, 6.45) is 0. The summed E-state index contributed by atoms with van der Waals surface area (Å²) >= 11 is 0.497. The Morgan fingerprint density at radius 1 is 1.09 bits per heavy atom. The molecule has 1 unspecified atom stereocenters. The summed E-state index contributed by atoms with van der Waals surface area (Å²) in [5.74, 6) is -3.03. The molecule has 2 rings (SSSR count). The first-order chi connectivity index (χ1) is 10.5. The maximum atomic E-state index is 13.2. The van der Waals surface area contributed by atoms with Crippen LogP contribution in [0.5, 0.6) is 0 Å². The van der Waals surface area contributed by atoms with E-state index < -0.39 is 17.4 Å². The summed E-state index contributed by atoms with van der Waals surface area (Å²) in [6, 6.07) is 6.86. The summed E-state index contributed by atoms with van der Waals surface area (Å²) in [5, 5.41) is 3.10. The zero-order chi connectivity index (χ0) is 16.1. The fourth-order valence-electron chi connectivity index (χ4n) is 1.89. The highest BCUT2D eigenvalue weighted by atomic mass is 32.2. The van der Waals surface area contributed by atoms with Gasteiger partial charge in [0.2, 0.25) is 0 Å². The average molecular weight is 333 g/mol. The van der Waals surface area contributed by atoms with E-state index in [1.807, 2.05) is 6.92 Å². The van der Waals surface area contributed by atoms with Crippen LogP contribution in [-0.4, -0.2) is 5.76 Å². The molecule has 0 saturated carbocycles. The lowest BCUT2D eigenvalue weighted by Gasteiger charge is -2.13. The van der Waals surface area contributed by atoms with Gasteiger partial charge in [-0.25, -0.2) is 8.78 Å². The number of furan rings is 1. The summed E-state index contributed by atoms with van der Waals surface area (Å²) in [6.45, 7) is 2.17. The van der Waals surface area contributed by atoms with Crippen molar-refractivity contribution in [2.75, 3.05) is 0 Å². The molecular formula is C15H15F4NOS. The zero-order valence-electron chi connectivity index (χ0n) is 11.8. The average Bonchev–Trinajstić information content (AvgIpc) is 2.93. The van der Waals surface area contributed by atoms with E-state index in [0.717, 1.165) is 12.1 Å². The van der Waals surface area contributed by atoms with Crippen LogP contribution in [-0.2, 0) is 12.3 Å². The second-order valence-electron chi connectivity index (χ2n) is 4.72. The Morgan fingerprint density at radius 2 is 1.82 bits per heavy atom. The minimum absolute atomic E-state index is 0.108. The minimum atomic E-state index is -2.43. The molecule has 0 bridgehead atoms. The number of rotatable bonds is 7. The van der Waals surface area contributed by atoms with Crippen LogP contribution in [0.25, 0.3) is 0 Å². The van der Waals surface area contributed by atoms with Crippen molar-refractivity contribution in [3.05, 3.63) is 59.1 Å². The molecule has 0 aliphatic carbocycles. The van der Waals surface area contributed by atoms with Crippen molar-refractivity contribution in [3.8, 4) is 0 Å². The highest BCUT2D eigenvalue weighted by Crippen LogP contribution is 2.22. The van der Waals surface area contributed by atoms with Gasteiger partial charge in [-0.3, -0.25) is 0 Å². The number of alkyl halides is 2. The molecule has 2 nitrogen and oxygen atoms in total. The number of hydrogen-bond acceptors (Lipinski definition) is 3. The lowest BCUT2D eigenvalue weighted by Crippen LogP contribution is -2.18. The van der Waals surface area contributed by atoms with Crippen LogP contribution in [0.1, 0.15) is 30.0 Å². The Kier molecular flexibility index (Phi) is 5.90. The summed E-state index contributed by atoms with van der Waals surface area (Å²) in [7, 11) is 0. The summed E-state index contributed by atoms with van der Waals surface area (Å²) in [5.41, 5.74) is 0.610. The van der Waals surface area contributed by atoms with Gasteiger partial charge in [-0.1, -0.05) is 17.8 Å². The van der Waals surface area contributed by atoms with Gasteiger partial charge in [0, 0.05) is 6.04 Å². The third kappa shape index (κ3) is 4.78. The predicted molar refractivity (Wildman–Crippen MR) is 77.6 cm³/mol. The zero-order valence-corrected chi connectivity index (χ0v) is 12.6. The third-order valence-corrected chi connectivity index (χ3v) is 3.80. The predicted octanol–water partition coefficient (Wildman–Crippen LogP) is 4.86. The normalized spacial score (nSPS) is 12.8. The van der Waals surface area contributed by atoms with Crippen molar-refractivity contribution in [1.29, 1.82) is 0 Å². The molecule has 1 aromatic carbocycles. The fourth-order valence-corrected chi connectivity index (χ4v) is 2.34. The molecule has 1 heterocycles. The lowest BCUT2D eigenvalue weighted by atomic mass is 10.1. The molecule has 22 heavy (non-hydrogen) atoms. The molecule has 1 N–H and O–H groups in total. The Hall–Kier alpha value is -1.47. The topological polar surface area (TPSA) is 25.2 Å². The van der Waals surface area contributed by atoms with Gasteiger partial charge in [0.05, 0.1) is 12.3 Å². The first-order valence-corrected chi connectivity index (χ1v) is 7.66. The summed E-state index contributed by atoms with van der Waals surface area (Å²) < 4.78 is 55.6. The van der Waals surface area contributed by atoms with Gasteiger partial charge in [-0.2, -0.15) is 8.78 Å². The van der Waals surface area contributed by atoms with Gasteiger partial charge in [0.15, 0.2) is 11.6 Å². The Bertz CT molecular complexity index is 617. The molecule has 0 fully saturated rings. The molecule has 0 saturated heterocycles. The minimum Gasteiger partial charge on any atom is -0.464 e. The molecule has 0 spiro atoms. The van der Waals surface area contributed by atoms with E-state index in [1.165, 1.54) is 6.07 Å². The van der Waals surface area contributed by atoms with Crippen LogP contribution in [0.2, 0.25) is 0 Å².